The van der Waals surface area contributed by atoms with Crippen LogP contribution in [-0.2, 0) is 0 Å². The molecule has 2 aromatic carbocycles. The molecular weight excluding hydrogens is 420 g/mol. The van der Waals surface area contributed by atoms with Gasteiger partial charge < -0.3 is 19.7 Å². The quantitative estimate of drug-likeness (QED) is 0.470. The minimum atomic E-state index is -0.462. The maximum absolute atomic E-state index is 13.6. The highest BCUT2D eigenvalue weighted by atomic mass is 35.5. The van der Waals surface area contributed by atoms with Crippen molar-refractivity contribution in [2.75, 3.05) is 20.8 Å². The number of carbonyl (C=O) groups is 1. The highest BCUT2D eigenvalue weighted by Crippen LogP contribution is 2.41. The second kappa shape index (κ2) is 9.49. The van der Waals surface area contributed by atoms with Crippen molar-refractivity contribution >= 4 is 34.7 Å². The van der Waals surface area contributed by atoms with Crippen molar-refractivity contribution in [3.05, 3.63) is 69.9 Å². The molecule has 1 unspecified atom stereocenters. The van der Waals surface area contributed by atoms with Crippen LogP contribution in [0.2, 0.25) is 5.02 Å². The van der Waals surface area contributed by atoms with E-state index in [9.17, 15) is 4.79 Å². The number of ketones is 1. The van der Waals surface area contributed by atoms with Crippen molar-refractivity contribution in [2.24, 2.45) is 0 Å². The fourth-order valence-corrected chi connectivity index (χ4v) is 4.31. The molecule has 1 aliphatic heterocycles. The van der Waals surface area contributed by atoms with Gasteiger partial charge in [-0.2, -0.15) is 0 Å². The first-order valence-electron chi connectivity index (χ1n) is 9.72. The zero-order valence-corrected chi connectivity index (χ0v) is 19.1. The summed E-state index contributed by atoms with van der Waals surface area (Å²) in [4.78, 5) is 15.5. The SMILES string of the molecule is CCCN1C(=S)NC(c2cc(Cl)c(OC)c(OC)c2)C(C(=O)c2ccccc2)=C1C. The van der Waals surface area contributed by atoms with Gasteiger partial charge >= 0.3 is 0 Å². The van der Waals surface area contributed by atoms with Crippen molar-refractivity contribution in [2.45, 2.75) is 26.3 Å². The number of carbonyl (C=O) groups excluding carboxylic acids is 1. The Morgan fingerprint density at radius 2 is 1.90 bits per heavy atom. The van der Waals surface area contributed by atoms with E-state index in [4.69, 9.17) is 33.3 Å². The molecule has 0 spiro atoms. The zero-order chi connectivity index (χ0) is 21.8. The number of nitrogens with one attached hydrogen (secondary N) is 1. The van der Waals surface area contributed by atoms with Crippen LogP contribution in [0.3, 0.4) is 0 Å². The Morgan fingerprint density at radius 1 is 1.20 bits per heavy atom. The molecule has 1 heterocycles. The van der Waals surface area contributed by atoms with Crippen LogP contribution in [0.25, 0.3) is 0 Å². The maximum Gasteiger partial charge on any atom is 0.193 e. The highest BCUT2D eigenvalue weighted by molar-refractivity contribution is 7.80. The molecule has 0 saturated carbocycles. The van der Waals surface area contributed by atoms with Gasteiger partial charge in [-0.1, -0.05) is 48.9 Å². The fourth-order valence-electron chi connectivity index (χ4n) is 3.67. The first kappa shape index (κ1) is 22.1. The second-order valence-electron chi connectivity index (χ2n) is 6.97. The number of allylic oxidation sites excluding steroid dienone is 1. The van der Waals surface area contributed by atoms with Crippen LogP contribution in [0.5, 0.6) is 11.5 Å². The van der Waals surface area contributed by atoms with Gasteiger partial charge in [-0.15, -0.1) is 0 Å². The van der Waals surface area contributed by atoms with Gasteiger partial charge in [0.05, 0.1) is 25.3 Å². The van der Waals surface area contributed by atoms with Crippen LogP contribution in [-0.4, -0.2) is 36.6 Å². The van der Waals surface area contributed by atoms with E-state index in [0.717, 1.165) is 24.2 Å². The Bertz CT molecular complexity index is 991. The van der Waals surface area contributed by atoms with Gasteiger partial charge in [0.25, 0.3) is 0 Å². The number of ether oxygens (including phenoxy) is 2. The van der Waals surface area contributed by atoms with E-state index in [1.54, 1.807) is 13.2 Å². The lowest BCUT2D eigenvalue weighted by atomic mass is 9.89. The lowest BCUT2D eigenvalue weighted by molar-refractivity contribution is 0.102. The molecule has 0 saturated heterocycles. The lowest BCUT2D eigenvalue weighted by Crippen LogP contribution is -2.47. The molecule has 1 aliphatic rings. The van der Waals surface area contributed by atoms with Gasteiger partial charge in [-0.05, 0) is 43.3 Å². The summed E-state index contributed by atoms with van der Waals surface area (Å²) in [6.45, 7) is 4.74. The van der Waals surface area contributed by atoms with Crippen LogP contribution >= 0.6 is 23.8 Å². The Labute approximate surface area is 187 Å². The third-order valence-electron chi connectivity index (χ3n) is 5.11. The zero-order valence-electron chi connectivity index (χ0n) is 17.5. The summed E-state index contributed by atoms with van der Waals surface area (Å²) < 4.78 is 10.8. The largest absolute Gasteiger partial charge is 0.493 e. The smallest absolute Gasteiger partial charge is 0.193 e. The number of Topliss-reactive ketones (excluding diaryl/α,β-unsaturated/α-hetero) is 1. The number of benzene rings is 2. The summed E-state index contributed by atoms with van der Waals surface area (Å²) in [5.74, 6) is 0.888. The van der Waals surface area contributed by atoms with E-state index < -0.39 is 6.04 Å². The molecule has 5 nitrogen and oxygen atoms in total. The van der Waals surface area contributed by atoms with Crippen molar-refractivity contribution in [3.63, 3.8) is 0 Å². The third kappa shape index (κ3) is 4.16. The molecule has 7 heteroatoms. The number of halogens is 1. The van der Waals surface area contributed by atoms with E-state index in [-0.39, 0.29) is 5.78 Å². The van der Waals surface area contributed by atoms with Gasteiger partial charge in [0.2, 0.25) is 0 Å². The molecule has 1 atom stereocenters. The van der Waals surface area contributed by atoms with E-state index in [0.29, 0.717) is 32.8 Å². The molecule has 0 aliphatic carbocycles. The summed E-state index contributed by atoms with van der Waals surface area (Å²) in [5.41, 5.74) is 2.86. The maximum atomic E-state index is 13.6. The third-order valence-corrected chi connectivity index (χ3v) is 5.73. The molecule has 0 amide bonds. The van der Waals surface area contributed by atoms with Crippen LogP contribution in [0.1, 0.15) is 42.2 Å². The number of thiocarbonyl (C=S) groups is 1. The number of rotatable bonds is 7. The topological polar surface area (TPSA) is 50.8 Å². The second-order valence-corrected chi connectivity index (χ2v) is 7.76. The molecule has 3 rings (SSSR count). The summed E-state index contributed by atoms with van der Waals surface area (Å²) in [5, 5.41) is 4.32. The number of nitrogens with zero attached hydrogens (tertiary/aromatic N) is 1. The van der Waals surface area contributed by atoms with Gasteiger partial charge in [0.15, 0.2) is 22.4 Å². The van der Waals surface area contributed by atoms with Crippen LogP contribution in [0, 0.1) is 0 Å². The normalized spacial score (nSPS) is 16.4. The number of methoxy groups -OCH3 is 2. The predicted molar refractivity (Wildman–Crippen MR) is 124 cm³/mol. The summed E-state index contributed by atoms with van der Waals surface area (Å²) in [7, 11) is 3.09. The molecule has 0 fully saturated rings. The van der Waals surface area contributed by atoms with Crippen molar-refractivity contribution in [1.82, 2.24) is 10.2 Å². The Morgan fingerprint density at radius 3 is 2.50 bits per heavy atom. The van der Waals surface area contributed by atoms with Gasteiger partial charge in [-0.3, -0.25) is 4.79 Å². The number of hydrogen-bond acceptors (Lipinski definition) is 4. The van der Waals surface area contributed by atoms with E-state index in [1.165, 1.54) is 7.11 Å². The Hall–Kier alpha value is -2.57. The minimum Gasteiger partial charge on any atom is -0.493 e. The van der Waals surface area contributed by atoms with Crippen molar-refractivity contribution in [1.29, 1.82) is 0 Å². The first-order chi connectivity index (χ1) is 14.4. The molecule has 158 valence electrons. The average molecular weight is 445 g/mol. The van der Waals surface area contributed by atoms with Gasteiger partial charge in [0.1, 0.15) is 0 Å². The molecule has 0 bridgehead atoms. The van der Waals surface area contributed by atoms with E-state index in [2.05, 4.69) is 12.2 Å². The van der Waals surface area contributed by atoms with E-state index >= 15 is 0 Å². The van der Waals surface area contributed by atoms with Crippen LogP contribution < -0.4 is 14.8 Å². The van der Waals surface area contributed by atoms with Crippen LogP contribution in [0.4, 0.5) is 0 Å². The monoisotopic (exact) mass is 444 g/mol. The minimum absolute atomic E-state index is 0.0555. The Kier molecular flexibility index (Phi) is 7.00. The molecule has 0 aromatic heterocycles. The molecule has 0 radical (unpaired) electrons. The van der Waals surface area contributed by atoms with Crippen LogP contribution in [0.15, 0.2) is 53.7 Å². The standard InChI is InChI=1S/C23H25ClN2O3S/c1-5-11-26-14(2)19(21(27)15-9-7-6-8-10-15)20(25-23(26)30)16-12-17(24)22(29-4)18(13-16)28-3/h6-10,12-13,20H,5,11H2,1-4H3,(H,25,30). The summed E-state index contributed by atoms with van der Waals surface area (Å²) >= 11 is 12.1. The molecule has 1 N–H and O–H groups in total. The molecule has 30 heavy (non-hydrogen) atoms. The summed E-state index contributed by atoms with van der Waals surface area (Å²) in [6, 6.07) is 12.4. The highest BCUT2D eigenvalue weighted by Gasteiger charge is 2.34. The summed E-state index contributed by atoms with van der Waals surface area (Å²) in [6.07, 6.45) is 0.902. The van der Waals surface area contributed by atoms with Gasteiger partial charge in [-0.25, -0.2) is 0 Å². The first-order valence-corrected chi connectivity index (χ1v) is 10.5. The molecule has 2 aromatic rings. The Balaban J connectivity index is 2.18. The van der Waals surface area contributed by atoms with Crippen molar-refractivity contribution in [3.8, 4) is 11.5 Å². The van der Waals surface area contributed by atoms with Gasteiger partial charge in [0, 0.05) is 23.4 Å². The van der Waals surface area contributed by atoms with E-state index in [1.807, 2.05) is 48.2 Å². The number of hydrogen-bond donors (Lipinski definition) is 1. The lowest BCUT2D eigenvalue weighted by Gasteiger charge is -2.38. The fraction of sp³-hybridized carbons (Fsp3) is 0.304. The average Bonchev–Trinajstić information content (AvgIpc) is 2.75. The van der Waals surface area contributed by atoms with Crippen molar-refractivity contribution < 1.29 is 14.3 Å². The predicted octanol–water partition coefficient (Wildman–Crippen LogP) is 5.16. The molecular formula is C23H25ClN2O3S.